The van der Waals surface area contributed by atoms with E-state index in [1.807, 2.05) is 13.8 Å². The zero-order valence-corrected chi connectivity index (χ0v) is 11.7. The van der Waals surface area contributed by atoms with Gasteiger partial charge in [0.15, 0.2) is 0 Å². The first-order valence-electron chi connectivity index (χ1n) is 5.78. The molecule has 0 saturated heterocycles. The van der Waals surface area contributed by atoms with E-state index in [0.717, 1.165) is 0 Å². The average molecular weight is 270 g/mol. The summed E-state index contributed by atoms with van der Waals surface area (Å²) in [6.45, 7) is 3.59. The number of esters is 1. The second-order valence-electron chi connectivity index (χ2n) is 4.53. The Morgan fingerprint density at radius 2 is 2.16 bits per heavy atom. The van der Waals surface area contributed by atoms with Crippen LogP contribution in [-0.4, -0.2) is 41.4 Å². The van der Waals surface area contributed by atoms with Crippen molar-refractivity contribution in [3.8, 4) is 0 Å². The van der Waals surface area contributed by atoms with Crippen molar-refractivity contribution >= 4 is 17.5 Å². The molecule has 0 fully saturated rings. The van der Waals surface area contributed by atoms with Crippen molar-refractivity contribution in [1.29, 1.82) is 0 Å². The predicted octanol–water partition coefficient (Wildman–Crippen LogP) is 1.06. The number of methoxy groups -OCH3 is 1. The highest BCUT2D eigenvalue weighted by atomic mass is 16.6. The van der Waals surface area contributed by atoms with E-state index in [0.29, 0.717) is 11.5 Å². The molecular formula is C11H18N4O4. The number of likely N-dealkylation sites (N-methyl/N-ethyl adjacent to an activating group) is 1. The molecule has 0 unspecified atom stereocenters. The van der Waals surface area contributed by atoms with Crippen LogP contribution in [0.4, 0.5) is 11.5 Å². The molecule has 8 nitrogen and oxygen atoms in total. The number of carbonyl (C=O) groups excluding carboxylic acids is 1. The summed E-state index contributed by atoms with van der Waals surface area (Å²) in [7, 11) is 4.47. The molecule has 0 N–H and O–H groups in total. The Bertz CT molecular complexity index is 495. The number of aromatic nitrogens is 2. The monoisotopic (exact) mass is 270 g/mol. The molecule has 0 radical (unpaired) electrons. The summed E-state index contributed by atoms with van der Waals surface area (Å²) in [5.74, 6) is -0.255. The lowest BCUT2D eigenvalue weighted by molar-refractivity contribution is -0.385. The molecule has 0 amide bonds. The van der Waals surface area contributed by atoms with Crippen LogP contribution < -0.4 is 4.90 Å². The highest BCUT2D eigenvalue weighted by Gasteiger charge is 2.31. The fraction of sp³-hybridized carbons (Fsp3) is 0.636. The summed E-state index contributed by atoms with van der Waals surface area (Å²) in [5, 5.41) is 15.4. The van der Waals surface area contributed by atoms with Gasteiger partial charge in [0.25, 0.3) is 0 Å². The molecule has 0 saturated carbocycles. The molecule has 0 aliphatic carbocycles. The third-order valence-corrected chi connectivity index (χ3v) is 2.70. The first-order valence-corrected chi connectivity index (χ1v) is 5.78. The molecule has 0 atom stereocenters. The molecule has 19 heavy (non-hydrogen) atoms. The Kier molecular flexibility index (Phi) is 4.47. The highest BCUT2D eigenvalue weighted by molar-refractivity contribution is 5.77. The zero-order chi connectivity index (χ0) is 14.7. The van der Waals surface area contributed by atoms with Gasteiger partial charge in [-0.15, -0.1) is 0 Å². The van der Waals surface area contributed by atoms with Crippen LogP contribution in [-0.2, 0) is 16.6 Å². The molecule has 106 valence electrons. The van der Waals surface area contributed by atoms with Gasteiger partial charge in [0, 0.05) is 20.0 Å². The lowest BCUT2D eigenvalue weighted by Gasteiger charge is -2.16. The fourth-order valence-electron chi connectivity index (χ4n) is 1.85. The summed E-state index contributed by atoms with van der Waals surface area (Å²) in [6.07, 6.45) is 0. The normalized spacial score (nSPS) is 10.6. The molecule has 0 bridgehead atoms. The Hall–Kier alpha value is -2.12. The average Bonchev–Trinajstić information content (AvgIpc) is 2.66. The number of carbonyl (C=O) groups is 1. The number of aryl methyl sites for hydroxylation is 1. The van der Waals surface area contributed by atoms with E-state index in [1.54, 1.807) is 14.1 Å². The van der Waals surface area contributed by atoms with Gasteiger partial charge >= 0.3 is 11.7 Å². The molecule has 0 aliphatic heterocycles. The van der Waals surface area contributed by atoms with Crippen molar-refractivity contribution in [3.63, 3.8) is 0 Å². The van der Waals surface area contributed by atoms with E-state index in [-0.39, 0.29) is 18.2 Å². The SMILES string of the molecule is COC(=O)CN(C)c1c([N+](=O)[O-])c(C(C)C)nn1C. The van der Waals surface area contributed by atoms with Crippen LogP contribution in [0.2, 0.25) is 0 Å². The smallest absolute Gasteiger partial charge is 0.334 e. The van der Waals surface area contributed by atoms with E-state index in [4.69, 9.17) is 0 Å². The number of ether oxygens (including phenoxy) is 1. The Labute approximate surface area is 111 Å². The maximum Gasteiger partial charge on any atom is 0.334 e. The maximum atomic E-state index is 11.3. The molecule has 0 aromatic carbocycles. The minimum atomic E-state index is -0.468. The standard InChI is InChI=1S/C11H18N4O4/c1-7(2)9-10(15(17)18)11(14(4)12-9)13(3)6-8(16)19-5/h7H,6H2,1-5H3. The van der Waals surface area contributed by atoms with Gasteiger partial charge < -0.3 is 9.64 Å². The van der Waals surface area contributed by atoms with E-state index in [9.17, 15) is 14.9 Å². The van der Waals surface area contributed by atoms with Gasteiger partial charge in [0.2, 0.25) is 5.82 Å². The number of hydrogen-bond donors (Lipinski definition) is 0. The van der Waals surface area contributed by atoms with Gasteiger partial charge in [-0.3, -0.25) is 14.9 Å². The van der Waals surface area contributed by atoms with E-state index in [2.05, 4.69) is 9.84 Å². The van der Waals surface area contributed by atoms with Crippen LogP contribution in [0.25, 0.3) is 0 Å². The van der Waals surface area contributed by atoms with Crippen molar-refractivity contribution in [3.05, 3.63) is 15.8 Å². The van der Waals surface area contributed by atoms with Gasteiger partial charge in [-0.1, -0.05) is 13.8 Å². The van der Waals surface area contributed by atoms with Crippen LogP contribution in [0.15, 0.2) is 0 Å². The summed E-state index contributed by atoms with van der Waals surface area (Å²) in [4.78, 5) is 23.5. The fourth-order valence-corrected chi connectivity index (χ4v) is 1.85. The van der Waals surface area contributed by atoms with Gasteiger partial charge in [-0.2, -0.15) is 5.10 Å². The van der Waals surface area contributed by atoms with Crippen molar-refractivity contribution in [2.24, 2.45) is 7.05 Å². The lowest BCUT2D eigenvalue weighted by atomic mass is 10.1. The minimum Gasteiger partial charge on any atom is -0.468 e. The summed E-state index contributed by atoms with van der Waals surface area (Å²) in [5.41, 5.74) is 0.336. The van der Waals surface area contributed by atoms with Crippen LogP contribution in [0.1, 0.15) is 25.5 Å². The van der Waals surface area contributed by atoms with Crippen molar-refractivity contribution in [1.82, 2.24) is 9.78 Å². The van der Waals surface area contributed by atoms with Crippen LogP contribution in [0.3, 0.4) is 0 Å². The third kappa shape index (κ3) is 3.01. The number of hydrogen-bond acceptors (Lipinski definition) is 6. The summed E-state index contributed by atoms with van der Waals surface area (Å²) in [6, 6.07) is 0. The minimum absolute atomic E-state index is 0.0658. The first-order chi connectivity index (χ1) is 8.79. The molecule has 1 heterocycles. The Morgan fingerprint density at radius 3 is 2.58 bits per heavy atom. The van der Waals surface area contributed by atoms with Crippen molar-refractivity contribution < 1.29 is 14.5 Å². The van der Waals surface area contributed by atoms with E-state index in [1.165, 1.54) is 16.7 Å². The number of rotatable bonds is 5. The third-order valence-electron chi connectivity index (χ3n) is 2.70. The van der Waals surface area contributed by atoms with Crippen LogP contribution in [0, 0.1) is 10.1 Å². The van der Waals surface area contributed by atoms with Crippen LogP contribution in [0.5, 0.6) is 0 Å². The van der Waals surface area contributed by atoms with Crippen molar-refractivity contribution in [2.75, 3.05) is 25.6 Å². The van der Waals surface area contributed by atoms with Gasteiger partial charge in [0.05, 0.1) is 12.0 Å². The Balaban J connectivity index is 3.26. The van der Waals surface area contributed by atoms with Gasteiger partial charge in [-0.05, 0) is 0 Å². The van der Waals surface area contributed by atoms with E-state index >= 15 is 0 Å². The Morgan fingerprint density at radius 1 is 1.58 bits per heavy atom. The largest absolute Gasteiger partial charge is 0.468 e. The number of nitrogens with zero attached hydrogens (tertiary/aromatic N) is 4. The second-order valence-corrected chi connectivity index (χ2v) is 4.53. The quantitative estimate of drug-likeness (QED) is 0.451. The zero-order valence-electron chi connectivity index (χ0n) is 11.7. The highest BCUT2D eigenvalue weighted by Crippen LogP contribution is 2.34. The molecule has 8 heteroatoms. The van der Waals surface area contributed by atoms with Crippen LogP contribution >= 0.6 is 0 Å². The van der Waals surface area contributed by atoms with Gasteiger partial charge in [-0.25, -0.2) is 4.68 Å². The molecule has 0 aliphatic rings. The molecule has 1 aromatic heterocycles. The first kappa shape index (κ1) is 14.9. The topological polar surface area (TPSA) is 90.5 Å². The molecule has 1 rings (SSSR count). The predicted molar refractivity (Wildman–Crippen MR) is 69.2 cm³/mol. The summed E-state index contributed by atoms with van der Waals surface area (Å²) < 4.78 is 5.97. The molecular weight excluding hydrogens is 252 g/mol. The lowest BCUT2D eigenvalue weighted by Crippen LogP contribution is -2.28. The summed E-state index contributed by atoms with van der Waals surface area (Å²) >= 11 is 0. The van der Waals surface area contributed by atoms with E-state index < -0.39 is 10.9 Å². The number of nitro groups is 1. The van der Waals surface area contributed by atoms with Gasteiger partial charge in [0.1, 0.15) is 12.2 Å². The number of anilines is 1. The second kappa shape index (κ2) is 5.68. The molecule has 0 spiro atoms. The maximum absolute atomic E-state index is 11.3. The van der Waals surface area contributed by atoms with Crippen molar-refractivity contribution in [2.45, 2.75) is 19.8 Å². The molecule has 1 aromatic rings.